The third-order valence-electron chi connectivity index (χ3n) is 1.73. The van der Waals surface area contributed by atoms with Gasteiger partial charge in [-0.25, -0.2) is 0 Å². The molecule has 0 aromatic heterocycles. The summed E-state index contributed by atoms with van der Waals surface area (Å²) in [5.41, 5.74) is 0. The average molecular weight is 208 g/mol. The highest BCUT2D eigenvalue weighted by atomic mass is 35.5. The first-order valence-corrected chi connectivity index (χ1v) is 5.13. The zero-order chi connectivity index (χ0) is 9.45. The molecule has 3 heteroatoms. The van der Waals surface area contributed by atoms with Gasteiger partial charge in [-0.2, -0.15) is 5.26 Å². The second-order valence-electron chi connectivity index (χ2n) is 3.00. The second-order valence-corrected chi connectivity index (χ2v) is 4.64. The summed E-state index contributed by atoms with van der Waals surface area (Å²) in [4.78, 5) is 0. The van der Waals surface area contributed by atoms with Crippen LogP contribution in [0.2, 0.25) is 0 Å². The van der Waals surface area contributed by atoms with Gasteiger partial charge in [0, 0.05) is 0 Å². The third-order valence-corrected chi connectivity index (χ3v) is 2.38. The van der Waals surface area contributed by atoms with E-state index < -0.39 is 4.33 Å². The number of unbranched alkanes of at least 4 members (excludes halogenated alkanes) is 3. The molecule has 0 unspecified atom stereocenters. The zero-order valence-electron chi connectivity index (χ0n) is 7.45. The zero-order valence-corrected chi connectivity index (χ0v) is 8.96. The minimum absolute atomic E-state index is 0.224. The summed E-state index contributed by atoms with van der Waals surface area (Å²) in [7, 11) is 0. The van der Waals surface area contributed by atoms with E-state index >= 15 is 0 Å². The standard InChI is InChI=1S/C9H15Cl2N/c1-2-3-4-5-6-9(10,11)7-8-12/h2-7H2,1H3. The molecule has 0 radical (unpaired) electrons. The maximum absolute atomic E-state index is 8.39. The Morgan fingerprint density at radius 1 is 1.25 bits per heavy atom. The van der Waals surface area contributed by atoms with Crippen LogP contribution in [-0.2, 0) is 0 Å². The fourth-order valence-corrected chi connectivity index (χ4v) is 1.40. The summed E-state index contributed by atoms with van der Waals surface area (Å²) in [6.07, 6.45) is 5.55. The SMILES string of the molecule is CCCCCCC(Cl)(Cl)CC#N. The molecule has 0 heterocycles. The van der Waals surface area contributed by atoms with Crippen molar-refractivity contribution >= 4 is 23.2 Å². The number of hydrogen-bond acceptors (Lipinski definition) is 1. The van der Waals surface area contributed by atoms with Gasteiger partial charge < -0.3 is 0 Å². The van der Waals surface area contributed by atoms with Gasteiger partial charge in [-0.05, 0) is 6.42 Å². The molecule has 0 rings (SSSR count). The van der Waals surface area contributed by atoms with Crippen LogP contribution < -0.4 is 0 Å². The Kier molecular flexibility index (Phi) is 6.61. The highest BCUT2D eigenvalue weighted by Gasteiger charge is 2.22. The van der Waals surface area contributed by atoms with Gasteiger partial charge >= 0.3 is 0 Å². The predicted molar refractivity (Wildman–Crippen MR) is 53.4 cm³/mol. The molecule has 0 amide bonds. The van der Waals surface area contributed by atoms with E-state index in [4.69, 9.17) is 28.5 Å². The minimum Gasteiger partial charge on any atom is -0.198 e. The molecule has 0 aromatic carbocycles. The Morgan fingerprint density at radius 2 is 1.92 bits per heavy atom. The van der Waals surface area contributed by atoms with Gasteiger partial charge in [0.25, 0.3) is 0 Å². The molecule has 70 valence electrons. The van der Waals surface area contributed by atoms with Crippen molar-refractivity contribution < 1.29 is 0 Å². The smallest absolute Gasteiger partial charge is 0.131 e. The Labute approximate surface area is 84.7 Å². The lowest BCUT2D eigenvalue weighted by atomic mass is 10.1. The van der Waals surface area contributed by atoms with Gasteiger partial charge in [0.2, 0.25) is 0 Å². The first-order chi connectivity index (χ1) is 5.62. The van der Waals surface area contributed by atoms with Crippen molar-refractivity contribution in [3.05, 3.63) is 0 Å². The summed E-state index contributed by atoms with van der Waals surface area (Å²) in [6, 6.07) is 1.98. The van der Waals surface area contributed by atoms with E-state index in [-0.39, 0.29) is 6.42 Å². The molecule has 1 nitrogen and oxygen atoms in total. The Bertz CT molecular complexity index is 149. The molecule has 0 N–H and O–H groups in total. The van der Waals surface area contributed by atoms with Gasteiger partial charge in [0.15, 0.2) is 0 Å². The van der Waals surface area contributed by atoms with E-state index in [0.717, 1.165) is 19.3 Å². The van der Waals surface area contributed by atoms with Crippen LogP contribution in [0.15, 0.2) is 0 Å². The van der Waals surface area contributed by atoms with E-state index in [1.54, 1.807) is 0 Å². The second kappa shape index (κ2) is 6.57. The Balaban J connectivity index is 3.42. The monoisotopic (exact) mass is 207 g/mol. The van der Waals surface area contributed by atoms with Gasteiger partial charge in [0.1, 0.15) is 4.33 Å². The molecule has 0 bridgehead atoms. The summed E-state index contributed by atoms with van der Waals surface area (Å²) in [5.74, 6) is 0. The van der Waals surface area contributed by atoms with Crippen LogP contribution in [-0.4, -0.2) is 4.33 Å². The molecule has 0 aromatic rings. The Hall–Kier alpha value is 0.0700. The lowest BCUT2D eigenvalue weighted by Crippen LogP contribution is -2.10. The first-order valence-electron chi connectivity index (χ1n) is 4.37. The highest BCUT2D eigenvalue weighted by Crippen LogP contribution is 2.31. The van der Waals surface area contributed by atoms with Crippen LogP contribution in [0.3, 0.4) is 0 Å². The van der Waals surface area contributed by atoms with E-state index in [0.29, 0.717) is 0 Å². The van der Waals surface area contributed by atoms with E-state index in [1.165, 1.54) is 12.8 Å². The lowest BCUT2D eigenvalue weighted by molar-refractivity contribution is 0.593. The average Bonchev–Trinajstić information content (AvgIpc) is 1.98. The fraction of sp³-hybridized carbons (Fsp3) is 0.889. The van der Waals surface area contributed by atoms with Crippen LogP contribution in [0, 0.1) is 11.3 Å². The van der Waals surface area contributed by atoms with Crippen LogP contribution in [0.1, 0.15) is 45.4 Å². The van der Waals surface area contributed by atoms with Crippen molar-refractivity contribution in [1.82, 2.24) is 0 Å². The van der Waals surface area contributed by atoms with E-state index in [2.05, 4.69) is 6.92 Å². The lowest BCUT2D eigenvalue weighted by Gasteiger charge is -2.14. The van der Waals surface area contributed by atoms with Gasteiger partial charge in [-0.3, -0.25) is 0 Å². The summed E-state index contributed by atoms with van der Waals surface area (Å²) < 4.78 is -0.817. The van der Waals surface area contributed by atoms with Crippen LogP contribution in [0.4, 0.5) is 0 Å². The maximum Gasteiger partial charge on any atom is 0.131 e. The fourth-order valence-electron chi connectivity index (χ4n) is 1.01. The quantitative estimate of drug-likeness (QED) is 0.477. The number of nitrogens with zero attached hydrogens (tertiary/aromatic N) is 1. The molecule has 0 spiro atoms. The van der Waals surface area contributed by atoms with Gasteiger partial charge in [-0.15, -0.1) is 23.2 Å². The third kappa shape index (κ3) is 6.76. The van der Waals surface area contributed by atoms with Crippen molar-refractivity contribution in [1.29, 1.82) is 5.26 Å². The van der Waals surface area contributed by atoms with Gasteiger partial charge in [0.05, 0.1) is 12.5 Å². The van der Waals surface area contributed by atoms with Crippen molar-refractivity contribution in [2.24, 2.45) is 0 Å². The number of nitriles is 1. The number of alkyl halides is 2. The predicted octanol–water partition coefficient (Wildman–Crippen LogP) is 4.04. The van der Waals surface area contributed by atoms with Crippen LogP contribution in [0.25, 0.3) is 0 Å². The molecule has 0 aliphatic rings. The molecule has 0 saturated carbocycles. The summed E-state index contributed by atoms with van der Waals surface area (Å²) in [5, 5.41) is 8.39. The highest BCUT2D eigenvalue weighted by molar-refractivity contribution is 6.48. The molecule has 12 heavy (non-hydrogen) atoms. The van der Waals surface area contributed by atoms with Crippen LogP contribution in [0.5, 0.6) is 0 Å². The van der Waals surface area contributed by atoms with Crippen molar-refractivity contribution in [3.8, 4) is 6.07 Å². The van der Waals surface area contributed by atoms with Crippen LogP contribution >= 0.6 is 23.2 Å². The topological polar surface area (TPSA) is 23.8 Å². The molecular formula is C9H15Cl2N. The largest absolute Gasteiger partial charge is 0.198 e. The molecule has 0 aliphatic heterocycles. The van der Waals surface area contributed by atoms with E-state index in [9.17, 15) is 0 Å². The number of hydrogen-bond donors (Lipinski definition) is 0. The minimum atomic E-state index is -0.817. The molecule has 0 atom stereocenters. The molecule has 0 saturated heterocycles. The Morgan fingerprint density at radius 3 is 2.42 bits per heavy atom. The normalized spacial score (nSPS) is 11.2. The summed E-state index contributed by atoms with van der Waals surface area (Å²) >= 11 is 11.7. The van der Waals surface area contributed by atoms with Crippen molar-refractivity contribution in [3.63, 3.8) is 0 Å². The number of halogens is 2. The summed E-state index contributed by atoms with van der Waals surface area (Å²) in [6.45, 7) is 2.16. The van der Waals surface area contributed by atoms with Gasteiger partial charge in [-0.1, -0.05) is 32.6 Å². The van der Waals surface area contributed by atoms with Crippen molar-refractivity contribution in [2.45, 2.75) is 49.8 Å². The molecule has 0 aliphatic carbocycles. The molecule has 0 fully saturated rings. The number of rotatable bonds is 6. The van der Waals surface area contributed by atoms with E-state index in [1.807, 2.05) is 6.07 Å². The maximum atomic E-state index is 8.39. The van der Waals surface area contributed by atoms with Crippen molar-refractivity contribution in [2.75, 3.05) is 0 Å². The molecular weight excluding hydrogens is 193 g/mol. The first kappa shape index (κ1) is 12.1.